The van der Waals surface area contributed by atoms with Crippen molar-refractivity contribution in [2.45, 2.75) is 0 Å². The summed E-state index contributed by atoms with van der Waals surface area (Å²) in [5, 5.41) is 10.0. The van der Waals surface area contributed by atoms with Gasteiger partial charge in [0.05, 0.1) is 21.3 Å². The zero-order valence-corrected chi connectivity index (χ0v) is 17.4. The van der Waals surface area contributed by atoms with E-state index in [9.17, 15) is 0 Å². The zero-order valence-electron chi connectivity index (χ0n) is 17.4. The van der Waals surface area contributed by atoms with Gasteiger partial charge in [-0.2, -0.15) is 0 Å². The first-order chi connectivity index (χ1) is 15.2. The van der Waals surface area contributed by atoms with E-state index in [0.717, 1.165) is 39.1 Å². The molecular formula is C24H20N4O3. The number of fused-ring (bicyclic) bond motifs is 3. The molecule has 0 aliphatic heterocycles. The molecule has 0 atom stereocenters. The Labute approximate surface area is 178 Å². The van der Waals surface area contributed by atoms with E-state index in [2.05, 4.69) is 21.2 Å². The quantitative estimate of drug-likeness (QED) is 0.419. The van der Waals surface area contributed by atoms with Crippen LogP contribution in [0.25, 0.3) is 39.2 Å². The van der Waals surface area contributed by atoms with Crippen LogP contribution in [-0.4, -0.2) is 40.9 Å². The summed E-state index contributed by atoms with van der Waals surface area (Å²) in [4.78, 5) is 4.61. The van der Waals surface area contributed by atoms with Crippen molar-refractivity contribution in [3.63, 3.8) is 0 Å². The van der Waals surface area contributed by atoms with Crippen LogP contribution in [0, 0.1) is 0 Å². The lowest BCUT2D eigenvalue weighted by molar-refractivity contribution is 0.355. The minimum absolute atomic E-state index is 0.625. The normalized spacial score (nSPS) is 11.1. The first-order valence-electron chi connectivity index (χ1n) is 9.73. The van der Waals surface area contributed by atoms with Gasteiger partial charge in [0.15, 0.2) is 23.0 Å². The number of nitrogens with zero attached hydrogens (tertiary/aromatic N) is 4. The summed E-state index contributed by atoms with van der Waals surface area (Å²) in [6.45, 7) is 0. The molecule has 0 N–H and O–H groups in total. The van der Waals surface area contributed by atoms with Gasteiger partial charge in [0, 0.05) is 22.7 Å². The van der Waals surface area contributed by atoms with E-state index < -0.39 is 0 Å². The molecule has 0 spiro atoms. The van der Waals surface area contributed by atoms with Gasteiger partial charge in [0.1, 0.15) is 11.4 Å². The van der Waals surface area contributed by atoms with Gasteiger partial charge in [-0.1, -0.05) is 12.1 Å². The Balaban J connectivity index is 1.79. The van der Waals surface area contributed by atoms with Crippen molar-refractivity contribution < 1.29 is 14.2 Å². The van der Waals surface area contributed by atoms with E-state index in [1.807, 2.05) is 59.0 Å². The highest BCUT2D eigenvalue weighted by atomic mass is 16.5. The van der Waals surface area contributed by atoms with Gasteiger partial charge in [-0.25, -0.2) is 4.98 Å². The minimum Gasteiger partial charge on any atom is -0.497 e. The van der Waals surface area contributed by atoms with Crippen LogP contribution in [-0.2, 0) is 0 Å². The van der Waals surface area contributed by atoms with Crippen LogP contribution >= 0.6 is 0 Å². The summed E-state index contributed by atoms with van der Waals surface area (Å²) < 4.78 is 18.1. The Hall–Kier alpha value is -4.13. The SMILES string of the molecule is COc1ccc(-c2cc3cccnc3n3c(-c4ccc(OC)c(OC)c4)nnc23)cc1. The number of benzene rings is 2. The third-order valence-electron chi connectivity index (χ3n) is 5.28. The summed E-state index contributed by atoms with van der Waals surface area (Å²) in [6, 6.07) is 19.6. The fourth-order valence-electron chi connectivity index (χ4n) is 3.73. The molecule has 0 amide bonds. The highest BCUT2D eigenvalue weighted by Gasteiger charge is 2.18. The largest absolute Gasteiger partial charge is 0.497 e. The first kappa shape index (κ1) is 18.9. The number of hydrogen-bond acceptors (Lipinski definition) is 6. The highest BCUT2D eigenvalue weighted by molar-refractivity contribution is 5.91. The van der Waals surface area contributed by atoms with E-state index in [0.29, 0.717) is 17.3 Å². The molecule has 0 aliphatic rings. The lowest BCUT2D eigenvalue weighted by Crippen LogP contribution is -1.97. The molecular weight excluding hydrogens is 392 g/mol. The van der Waals surface area contributed by atoms with Crippen LogP contribution in [0.5, 0.6) is 17.2 Å². The lowest BCUT2D eigenvalue weighted by Gasteiger charge is -2.11. The Bertz CT molecular complexity index is 1390. The predicted octanol–water partition coefficient (Wildman–Crippen LogP) is 4.64. The molecule has 0 saturated heterocycles. The molecule has 3 aromatic heterocycles. The fraction of sp³-hybridized carbons (Fsp3) is 0.125. The smallest absolute Gasteiger partial charge is 0.170 e. The maximum atomic E-state index is 5.48. The highest BCUT2D eigenvalue weighted by Crippen LogP contribution is 2.35. The number of methoxy groups -OCH3 is 3. The first-order valence-corrected chi connectivity index (χ1v) is 9.73. The number of hydrogen-bond donors (Lipinski definition) is 0. The molecule has 0 radical (unpaired) electrons. The van der Waals surface area contributed by atoms with Crippen molar-refractivity contribution in [3.8, 4) is 39.8 Å². The Morgan fingerprint density at radius 3 is 2.23 bits per heavy atom. The summed E-state index contributed by atoms with van der Waals surface area (Å²) in [5.41, 5.74) is 4.33. The topological polar surface area (TPSA) is 70.8 Å². The van der Waals surface area contributed by atoms with Crippen molar-refractivity contribution in [3.05, 3.63) is 66.9 Å². The third-order valence-corrected chi connectivity index (χ3v) is 5.28. The van der Waals surface area contributed by atoms with Gasteiger partial charge in [-0.15, -0.1) is 10.2 Å². The molecule has 5 aromatic rings. The van der Waals surface area contributed by atoms with Crippen molar-refractivity contribution >= 4 is 16.7 Å². The average molecular weight is 412 g/mol. The fourth-order valence-corrected chi connectivity index (χ4v) is 3.73. The predicted molar refractivity (Wildman–Crippen MR) is 119 cm³/mol. The molecule has 2 aromatic carbocycles. The third kappa shape index (κ3) is 3.11. The average Bonchev–Trinajstić information content (AvgIpc) is 3.28. The second kappa shape index (κ2) is 7.60. The second-order valence-electron chi connectivity index (χ2n) is 6.96. The van der Waals surface area contributed by atoms with Crippen molar-refractivity contribution in [2.24, 2.45) is 0 Å². The van der Waals surface area contributed by atoms with Crippen molar-refractivity contribution in [1.82, 2.24) is 19.6 Å². The molecule has 154 valence electrons. The van der Waals surface area contributed by atoms with Crippen molar-refractivity contribution in [2.75, 3.05) is 21.3 Å². The summed E-state index contributed by atoms with van der Waals surface area (Å²) in [6.07, 6.45) is 1.77. The minimum atomic E-state index is 0.625. The molecule has 7 nitrogen and oxygen atoms in total. The summed E-state index contributed by atoms with van der Waals surface area (Å²) in [5.74, 6) is 2.76. The van der Waals surface area contributed by atoms with E-state index in [4.69, 9.17) is 14.2 Å². The molecule has 0 fully saturated rings. The standard InChI is InChI=1S/C24H20N4O3/c1-29-18-9-6-15(7-10-18)19-13-16-5-4-12-25-22(16)28-23(26-27-24(19)28)17-8-11-20(30-2)21(14-17)31-3/h4-14H,1-3H3. The molecule has 0 aliphatic carbocycles. The zero-order chi connectivity index (χ0) is 21.4. The van der Waals surface area contributed by atoms with Gasteiger partial charge in [-0.05, 0) is 54.1 Å². The molecule has 7 heteroatoms. The van der Waals surface area contributed by atoms with E-state index in [1.165, 1.54) is 0 Å². The summed E-state index contributed by atoms with van der Waals surface area (Å²) >= 11 is 0. The van der Waals surface area contributed by atoms with Crippen molar-refractivity contribution in [1.29, 1.82) is 0 Å². The van der Waals surface area contributed by atoms with Gasteiger partial charge in [0.2, 0.25) is 0 Å². The van der Waals surface area contributed by atoms with Crippen LogP contribution in [0.2, 0.25) is 0 Å². The molecule has 5 rings (SSSR count). The number of ether oxygens (including phenoxy) is 3. The van der Waals surface area contributed by atoms with Crippen LogP contribution in [0.1, 0.15) is 0 Å². The van der Waals surface area contributed by atoms with E-state index in [-0.39, 0.29) is 0 Å². The van der Waals surface area contributed by atoms with Gasteiger partial charge >= 0.3 is 0 Å². The van der Waals surface area contributed by atoms with Gasteiger partial charge in [0.25, 0.3) is 0 Å². The molecule has 3 heterocycles. The molecule has 0 saturated carbocycles. The maximum Gasteiger partial charge on any atom is 0.170 e. The summed E-state index contributed by atoms with van der Waals surface area (Å²) in [7, 11) is 4.88. The lowest BCUT2D eigenvalue weighted by atomic mass is 10.0. The Morgan fingerprint density at radius 2 is 1.48 bits per heavy atom. The molecule has 31 heavy (non-hydrogen) atoms. The maximum absolute atomic E-state index is 5.48. The second-order valence-corrected chi connectivity index (χ2v) is 6.96. The van der Waals surface area contributed by atoms with Crippen LogP contribution in [0.4, 0.5) is 0 Å². The van der Waals surface area contributed by atoms with Crippen LogP contribution in [0.3, 0.4) is 0 Å². The Morgan fingerprint density at radius 1 is 0.710 bits per heavy atom. The van der Waals surface area contributed by atoms with E-state index in [1.54, 1.807) is 27.5 Å². The van der Waals surface area contributed by atoms with Crippen LogP contribution < -0.4 is 14.2 Å². The number of rotatable bonds is 5. The molecule has 0 bridgehead atoms. The van der Waals surface area contributed by atoms with Crippen LogP contribution in [0.15, 0.2) is 66.9 Å². The van der Waals surface area contributed by atoms with Gasteiger partial charge < -0.3 is 14.2 Å². The number of pyridine rings is 2. The number of aromatic nitrogens is 4. The van der Waals surface area contributed by atoms with E-state index >= 15 is 0 Å². The Kier molecular flexibility index (Phi) is 4.63. The molecule has 0 unspecified atom stereocenters. The monoisotopic (exact) mass is 412 g/mol. The van der Waals surface area contributed by atoms with Gasteiger partial charge in [-0.3, -0.25) is 4.40 Å².